The van der Waals surface area contributed by atoms with E-state index in [1.165, 1.54) is 18.2 Å². The van der Waals surface area contributed by atoms with Gasteiger partial charge in [0.15, 0.2) is 6.10 Å². The van der Waals surface area contributed by atoms with Crippen LogP contribution in [0.1, 0.15) is 23.6 Å². The van der Waals surface area contributed by atoms with Crippen LogP contribution in [0.4, 0.5) is 13.2 Å². The highest BCUT2D eigenvalue weighted by Crippen LogP contribution is 2.29. The molecule has 0 radical (unpaired) electrons. The second-order valence-corrected chi connectivity index (χ2v) is 5.64. The third kappa shape index (κ3) is 5.52. The van der Waals surface area contributed by atoms with Crippen LogP contribution in [0.3, 0.4) is 0 Å². The molecule has 0 aliphatic rings. The minimum atomic E-state index is -4.36. The Bertz CT molecular complexity index is 796. The molecule has 26 heavy (non-hydrogen) atoms. The fourth-order valence-electron chi connectivity index (χ4n) is 2.23. The van der Waals surface area contributed by atoms with Gasteiger partial charge in [0.1, 0.15) is 5.75 Å². The normalized spacial score (nSPS) is 12.1. The monoisotopic (exact) mass is 362 g/mol. The van der Waals surface area contributed by atoms with E-state index in [2.05, 4.69) is 5.32 Å². The first-order valence-corrected chi connectivity index (χ1v) is 7.90. The lowest BCUT2D eigenvalue weighted by Crippen LogP contribution is -2.37. The van der Waals surface area contributed by atoms with E-state index in [-0.39, 0.29) is 12.5 Å². The largest absolute Gasteiger partial charge is 0.481 e. The molecule has 4 nitrogen and oxygen atoms in total. The quantitative estimate of drug-likeness (QED) is 0.852. The van der Waals surface area contributed by atoms with Crippen LogP contribution in [0.5, 0.6) is 5.75 Å². The van der Waals surface area contributed by atoms with Crippen molar-refractivity contribution in [3.63, 3.8) is 0 Å². The van der Waals surface area contributed by atoms with Gasteiger partial charge in [-0.3, -0.25) is 4.79 Å². The number of amides is 1. The van der Waals surface area contributed by atoms with Crippen LogP contribution >= 0.6 is 0 Å². The van der Waals surface area contributed by atoms with E-state index in [9.17, 15) is 18.0 Å². The van der Waals surface area contributed by atoms with Gasteiger partial charge in [-0.2, -0.15) is 18.4 Å². The number of carbonyl (C=O) groups is 1. The molecule has 0 aromatic heterocycles. The Morgan fingerprint density at radius 3 is 2.54 bits per heavy atom. The molecule has 0 saturated heterocycles. The maximum absolute atomic E-state index is 12.5. The van der Waals surface area contributed by atoms with Crippen molar-refractivity contribution in [3.8, 4) is 11.8 Å². The summed E-state index contributed by atoms with van der Waals surface area (Å²) < 4.78 is 43.0. The van der Waals surface area contributed by atoms with Crippen LogP contribution in [0, 0.1) is 11.3 Å². The highest BCUT2D eigenvalue weighted by molar-refractivity contribution is 5.80. The lowest BCUT2D eigenvalue weighted by molar-refractivity contribution is -0.137. The van der Waals surface area contributed by atoms with Crippen molar-refractivity contribution in [1.82, 2.24) is 5.32 Å². The molecule has 1 atom stereocenters. The van der Waals surface area contributed by atoms with Crippen LogP contribution in [0.2, 0.25) is 0 Å². The molecule has 136 valence electrons. The van der Waals surface area contributed by atoms with Gasteiger partial charge in [-0.15, -0.1) is 0 Å². The highest BCUT2D eigenvalue weighted by atomic mass is 19.4. The van der Waals surface area contributed by atoms with E-state index >= 15 is 0 Å². The Morgan fingerprint density at radius 1 is 1.23 bits per heavy atom. The lowest BCUT2D eigenvalue weighted by Gasteiger charge is -2.15. The first kappa shape index (κ1) is 19.3. The number of hydrogen-bond acceptors (Lipinski definition) is 3. The van der Waals surface area contributed by atoms with Crippen molar-refractivity contribution in [2.24, 2.45) is 0 Å². The number of carbonyl (C=O) groups excluding carboxylic acids is 1. The lowest BCUT2D eigenvalue weighted by atomic mass is 10.1. The minimum absolute atomic E-state index is 0.274. The van der Waals surface area contributed by atoms with E-state index in [0.717, 1.165) is 12.1 Å². The van der Waals surface area contributed by atoms with Crippen LogP contribution in [0.25, 0.3) is 0 Å². The summed E-state index contributed by atoms with van der Waals surface area (Å²) in [7, 11) is 0. The molecule has 0 fully saturated rings. The average Bonchev–Trinajstić information content (AvgIpc) is 2.61. The standard InChI is InChI=1S/C19H17F3N2O2/c1-13(26-17-4-2-3-15(11-17)12-23)18(25)24-10-9-14-5-7-16(8-6-14)19(20,21)22/h2-8,11,13H,9-10H2,1H3,(H,24,25). The predicted octanol–water partition coefficient (Wildman–Crippen LogP) is 3.70. The van der Waals surface area contributed by atoms with Crippen molar-refractivity contribution in [1.29, 1.82) is 5.26 Å². The Balaban J connectivity index is 1.81. The number of nitriles is 1. The Kier molecular flexibility index (Phi) is 6.23. The summed E-state index contributed by atoms with van der Waals surface area (Å²) in [4.78, 5) is 12.0. The number of ether oxygens (including phenoxy) is 1. The molecular weight excluding hydrogens is 345 g/mol. The molecule has 1 amide bonds. The number of benzene rings is 2. The fourth-order valence-corrected chi connectivity index (χ4v) is 2.23. The summed E-state index contributed by atoms with van der Waals surface area (Å²) in [5.41, 5.74) is 0.415. The first-order valence-electron chi connectivity index (χ1n) is 7.90. The molecule has 0 spiro atoms. The summed E-state index contributed by atoms with van der Waals surface area (Å²) >= 11 is 0. The molecule has 2 rings (SSSR count). The molecule has 0 aliphatic carbocycles. The number of nitrogens with zero attached hydrogens (tertiary/aromatic N) is 1. The Morgan fingerprint density at radius 2 is 1.92 bits per heavy atom. The van der Waals surface area contributed by atoms with Gasteiger partial charge >= 0.3 is 6.18 Å². The first-order chi connectivity index (χ1) is 12.3. The van der Waals surface area contributed by atoms with Gasteiger partial charge in [-0.05, 0) is 49.2 Å². The summed E-state index contributed by atoms with van der Waals surface area (Å²) in [5, 5.41) is 11.5. The van der Waals surface area contributed by atoms with Crippen molar-refractivity contribution in [2.45, 2.75) is 25.6 Å². The minimum Gasteiger partial charge on any atom is -0.481 e. The number of alkyl halides is 3. The van der Waals surface area contributed by atoms with Crippen LogP contribution in [-0.4, -0.2) is 18.6 Å². The number of nitrogens with one attached hydrogen (secondary N) is 1. The average molecular weight is 362 g/mol. The van der Waals surface area contributed by atoms with Crippen LogP contribution in [-0.2, 0) is 17.4 Å². The van der Waals surface area contributed by atoms with Gasteiger partial charge in [0.2, 0.25) is 0 Å². The maximum Gasteiger partial charge on any atom is 0.416 e. The van der Waals surface area contributed by atoms with E-state index in [1.54, 1.807) is 25.1 Å². The topological polar surface area (TPSA) is 62.1 Å². The van der Waals surface area contributed by atoms with E-state index in [0.29, 0.717) is 23.3 Å². The summed E-state index contributed by atoms with van der Waals surface area (Å²) in [6.45, 7) is 1.85. The molecule has 2 aromatic carbocycles. The highest BCUT2D eigenvalue weighted by Gasteiger charge is 2.29. The van der Waals surface area contributed by atoms with Crippen molar-refractivity contribution in [2.75, 3.05) is 6.54 Å². The second-order valence-electron chi connectivity index (χ2n) is 5.64. The van der Waals surface area contributed by atoms with E-state index < -0.39 is 17.8 Å². The third-order valence-electron chi connectivity index (χ3n) is 3.64. The van der Waals surface area contributed by atoms with Crippen molar-refractivity contribution in [3.05, 3.63) is 65.2 Å². The SMILES string of the molecule is CC(Oc1cccc(C#N)c1)C(=O)NCCc1ccc(C(F)(F)F)cc1. The van der Waals surface area contributed by atoms with Crippen LogP contribution in [0.15, 0.2) is 48.5 Å². The molecular formula is C19H17F3N2O2. The molecule has 0 saturated carbocycles. The summed E-state index contributed by atoms with van der Waals surface area (Å²) in [5.74, 6) is 0.0636. The van der Waals surface area contributed by atoms with Gasteiger partial charge in [-0.25, -0.2) is 0 Å². The van der Waals surface area contributed by atoms with Gasteiger partial charge in [0.25, 0.3) is 5.91 Å². The summed E-state index contributed by atoms with van der Waals surface area (Å²) in [6, 6.07) is 13.3. The number of halogens is 3. The zero-order chi connectivity index (χ0) is 19.2. The number of rotatable bonds is 6. The Hall–Kier alpha value is -3.01. The van der Waals surface area contributed by atoms with E-state index in [4.69, 9.17) is 10.00 Å². The second kappa shape index (κ2) is 8.39. The predicted molar refractivity (Wildman–Crippen MR) is 89.4 cm³/mol. The van der Waals surface area contributed by atoms with E-state index in [1.807, 2.05) is 6.07 Å². The van der Waals surface area contributed by atoms with Gasteiger partial charge in [0, 0.05) is 6.54 Å². The third-order valence-corrected chi connectivity index (χ3v) is 3.64. The molecule has 0 aliphatic heterocycles. The van der Waals surface area contributed by atoms with Crippen molar-refractivity contribution >= 4 is 5.91 Å². The molecule has 1 N–H and O–H groups in total. The molecule has 0 bridgehead atoms. The summed E-state index contributed by atoms with van der Waals surface area (Å²) in [6.07, 6.45) is -4.72. The maximum atomic E-state index is 12.5. The molecule has 7 heteroatoms. The Labute approximate surface area is 149 Å². The zero-order valence-electron chi connectivity index (χ0n) is 14.0. The van der Waals surface area contributed by atoms with Crippen molar-refractivity contribution < 1.29 is 22.7 Å². The van der Waals surface area contributed by atoms with Gasteiger partial charge in [0.05, 0.1) is 17.2 Å². The zero-order valence-corrected chi connectivity index (χ0v) is 14.0. The molecule has 0 heterocycles. The number of hydrogen-bond donors (Lipinski definition) is 1. The molecule has 1 unspecified atom stereocenters. The van der Waals surface area contributed by atoms with Gasteiger partial charge < -0.3 is 10.1 Å². The fraction of sp³-hybridized carbons (Fsp3) is 0.263. The molecule has 2 aromatic rings. The smallest absolute Gasteiger partial charge is 0.416 e. The van der Waals surface area contributed by atoms with Gasteiger partial charge in [-0.1, -0.05) is 18.2 Å². The van der Waals surface area contributed by atoms with Crippen LogP contribution < -0.4 is 10.1 Å².